The normalized spacial score (nSPS) is 16.4. The first-order valence-electron chi connectivity index (χ1n) is 6.17. The van der Waals surface area contributed by atoms with E-state index < -0.39 is 10.4 Å². The number of amidine groups is 1. The van der Waals surface area contributed by atoms with E-state index in [1.807, 2.05) is 13.0 Å². The second kappa shape index (κ2) is 8.13. The van der Waals surface area contributed by atoms with E-state index in [4.69, 9.17) is 11.6 Å². The fourth-order valence-electron chi connectivity index (χ4n) is 1.49. The molecule has 1 aromatic carbocycles. The number of nitrogens with one attached hydrogen (secondary N) is 2. The average molecular weight is 363 g/mol. The third-order valence-electron chi connectivity index (χ3n) is 2.44. The Balaban J connectivity index is 0.000000379. The largest absolute Gasteiger partial charge is 0.726 e. The maximum Gasteiger partial charge on any atom is 0.222 e. The van der Waals surface area contributed by atoms with E-state index in [1.165, 1.54) is 6.92 Å². The second-order valence-corrected chi connectivity index (χ2v) is 5.81. The zero-order valence-corrected chi connectivity index (χ0v) is 14.1. The van der Waals surface area contributed by atoms with Crippen molar-refractivity contribution in [3.8, 4) is 0 Å². The Morgan fingerprint density at radius 3 is 2.43 bits per heavy atom. The van der Waals surface area contributed by atoms with Crippen LogP contribution in [0.3, 0.4) is 0 Å². The van der Waals surface area contributed by atoms with Gasteiger partial charge >= 0.3 is 0 Å². The lowest BCUT2D eigenvalue weighted by molar-refractivity contribution is -0.727. The van der Waals surface area contributed by atoms with Crippen LogP contribution >= 0.6 is 11.6 Å². The Labute approximate surface area is 138 Å². The number of carbonyl (C=O) groups is 1. The van der Waals surface area contributed by atoms with Crippen LogP contribution in [0.5, 0.6) is 0 Å². The van der Waals surface area contributed by atoms with Crippen LogP contribution in [-0.4, -0.2) is 38.2 Å². The smallest absolute Gasteiger partial charge is 0.222 e. The van der Waals surface area contributed by atoms with Crippen molar-refractivity contribution in [3.63, 3.8) is 0 Å². The van der Waals surface area contributed by atoms with E-state index in [-0.39, 0.29) is 5.91 Å². The van der Waals surface area contributed by atoms with Gasteiger partial charge in [-0.25, -0.2) is 8.42 Å². The van der Waals surface area contributed by atoms with E-state index in [2.05, 4.69) is 19.6 Å². The summed E-state index contributed by atoms with van der Waals surface area (Å²) < 4.78 is 31.0. The minimum absolute atomic E-state index is 0.149. The van der Waals surface area contributed by atoms with Gasteiger partial charge in [-0.3, -0.25) is 8.98 Å². The Hall–Kier alpha value is -1.85. The van der Waals surface area contributed by atoms with Gasteiger partial charge in [-0.1, -0.05) is 16.7 Å². The molecular formula is C12H15ClN4O5S. The Bertz CT molecular complexity index is 748. The number of amides is 1. The minimum Gasteiger partial charge on any atom is -0.726 e. The summed E-state index contributed by atoms with van der Waals surface area (Å²) in [7, 11) is -3.60. The number of rotatable bonds is 3. The number of halogens is 1. The summed E-state index contributed by atoms with van der Waals surface area (Å²) in [5.74, 6) is 0.575. The first-order chi connectivity index (χ1) is 10.6. The fourth-order valence-corrected chi connectivity index (χ4v) is 1.72. The van der Waals surface area contributed by atoms with Crippen LogP contribution in [0.1, 0.15) is 13.8 Å². The van der Waals surface area contributed by atoms with Crippen LogP contribution in [-0.2, 0) is 19.4 Å². The highest BCUT2D eigenvalue weighted by Crippen LogP contribution is 2.23. The monoisotopic (exact) mass is 362 g/mol. The lowest BCUT2D eigenvalue weighted by Gasteiger charge is -2.07. The molecule has 11 heteroatoms. The topological polar surface area (TPSA) is 125 Å². The summed E-state index contributed by atoms with van der Waals surface area (Å²) in [5.41, 5.74) is 1.48. The molecule has 0 radical (unpaired) electrons. The zero-order valence-electron chi connectivity index (χ0n) is 12.5. The summed E-state index contributed by atoms with van der Waals surface area (Å²) in [6.07, 6.45) is 1.69. The predicted molar refractivity (Wildman–Crippen MR) is 84.7 cm³/mol. The number of hydrogen-bond acceptors (Lipinski definition) is 7. The van der Waals surface area contributed by atoms with E-state index in [9.17, 15) is 17.8 Å². The summed E-state index contributed by atoms with van der Waals surface area (Å²) in [4.78, 5) is 15.0. The van der Waals surface area contributed by atoms with Crippen LogP contribution in [0.25, 0.3) is 0 Å². The van der Waals surface area contributed by atoms with Gasteiger partial charge in [0.1, 0.15) is 0 Å². The molecule has 1 aliphatic rings. The highest BCUT2D eigenvalue weighted by molar-refractivity contribution is 7.80. The summed E-state index contributed by atoms with van der Waals surface area (Å²) >= 11 is 6.07. The second-order valence-electron chi connectivity index (χ2n) is 4.25. The first kappa shape index (κ1) is 19.2. The lowest BCUT2D eigenvalue weighted by Crippen LogP contribution is -3.00. The van der Waals surface area contributed by atoms with Gasteiger partial charge in [0.05, 0.1) is 17.8 Å². The quantitative estimate of drug-likeness (QED) is 0.590. The number of quaternary nitrogens is 1. The number of hydrogen-bond donors (Lipinski definition) is 2. The Morgan fingerprint density at radius 1 is 1.43 bits per heavy atom. The minimum atomic E-state index is -4.41. The van der Waals surface area contributed by atoms with Gasteiger partial charge in [0.25, 0.3) is 0 Å². The van der Waals surface area contributed by atoms with Gasteiger partial charge in [-0.05, 0) is 6.07 Å². The highest BCUT2D eigenvalue weighted by Gasteiger charge is 2.16. The van der Waals surface area contributed by atoms with Gasteiger partial charge < -0.3 is 9.87 Å². The Morgan fingerprint density at radius 2 is 2.04 bits per heavy atom. The molecule has 1 aliphatic heterocycles. The summed E-state index contributed by atoms with van der Waals surface area (Å²) in [5, 5.41) is 8.17. The number of carbonyl (C=O) groups excluding carboxylic acids is 1. The van der Waals surface area contributed by atoms with Crippen molar-refractivity contribution in [1.29, 1.82) is 0 Å². The van der Waals surface area contributed by atoms with E-state index in [1.54, 1.807) is 18.5 Å². The third-order valence-corrected chi connectivity index (χ3v) is 3.16. The third kappa shape index (κ3) is 6.84. The van der Waals surface area contributed by atoms with Crippen molar-refractivity contribution in [2.45, 2.75) is 13.8 Å². The fraction of sp³-hybridized carbons (Fsp3) is 0.250. The highest BCUT2D eigenvalue weighted by atomic mass is 35.5. The van der Waals surface area contributed by atoms with Crippen molar-refractivity contribution in [2.75, 3.05) is 12.4 Å². The molecule has 2 rings (SSSR count). The van der Waals surface area contributed by atoms with E-state index in [0.717, 1.165) is 23.6 Å². The standard InChI is InChI=1S/C11H11ClN4O.CH4O4S/c1-7-13-6-16(15-7)9-3-4-11(10(12)5-9)14-8(2)17;1-5-6(2,3)4/h3-6H,1-2H3,(H,14,17);1H3,(H,2,3,4). The van der Waals surface area contributed by atoms with Crippen LogP contribution in [0.15, 0.2) is 28.3 Å². The molecule has 0 saturated carbocycles. The summed E-state index contributed by atoms with van der Waals surface area (Å²) in [6.45, 7) is 3.27. The molecule has 1 amide bonds. The number of benzene rings is 1. The van der Waals surface area contributed by atoms with Crippen LogP contribution in [0.4, 0.5) is 11.4 Å². The maximum atomic E-state index is 10.9. The molecule has 23 heavy (non-hydrogen) atoms. The number of anilines is 1. The van der Waals surface area contributed by atoms with E-state index in [0.29, 0.717) is 10.7 Å². The molecule has 1 atom stereocenters. The van der Waals surface area contributed by atoms with Crippen LogP contribution in [0, 0.1) is 0 Å². The summed E-state index contributed by atoms with van der Waals surface area (Å²) in [6, 6.07) is 5.36. The van der Waals surface area contributed by atoms with E-state index >= 15 is 0 Å². The van der Waals surface area contributed by atoms with Gasteiger partial charge in [0, 0.05) is 26.0 Å². The van der Waals surface area contributed by atoms with Crippen LogP contribution in [0.2, 0.25) is 5.02 Å². The van der Waals surface area contributed by atoms with Gasteiger partial charge in [0.15, 0.2) is 11.5 Å². The SMILES string of the molecule is CC(=O)Nc1ccc([NH+]2C=NC(C)=N2)cc1Cl.COS(=O)(=O)[O-]. The van der Waals surface area contributed by atoms with Crippen molar-refractivity contribution in [3.05, 3.63) is 23.2 Å². The molecule has 0 saturated heterocycles. The van der Waals surface area contributed by atoms with Gasteiger partial charge in [-0.15, -0.1) is 5.01 Å². The molecule has 1 aromatic rings. The molecule has 1 heterocycles. The molecule has 0 aromatic heterocycles. The average Bonchev–Trinajstić information content (AvgIpc) is 2.87. The molecule has 0 spiro atoms. The maximum absolute atomic E-state index is 10.9. The number of aliphatic imine (C=N–C) groups is 1. The van der Waals surface area contributed by atoms with Gasteiger partial charge in [-0.2, -0.15) is 4.99 Å². The molecule has 2 N–H and O–H groups in total. The molecule has 0 bridgehead atoms. The molecule has 0 aliphatic carbocycles. The zero-order chi connectivity index (χ0) is 17.6. The van der Waals surface area contributed by atoms with Crippen molar-refractivity contribution >= 4 is 51.5 Å². The molecule has 0 fully saturated rings. The molecule has 1 unspecified atom stereocenters. The lowest BCUT2D eigenvalue weighted by atomic mass is 10.2. The Kier molecular flexibility index (Phi) is 6.79. The van der Waals surface area contributed by atoms with Crippen molar-refractivity contribution in [1.82, 2.24) is 0 Å². The van der Waals surface area contributed by atoms with Crippen LogP contribution < -0.4 is 10.3 Å². The molecule has 126 valence electrons. The van der Waals surface area contributed by atoms with Crippen molar-refractivity contribution in [2.24, 2.45) is 10.1 Å². The predicted octanol–water partition coefficient (Wildman–Crippen LogP) is 0.283. The van der Waals surface area contributed by atoms with Gasteiger partial charge in [0.2, 0.25) is 22.6 Å². The molecular weight excluding hydrogens is 348 g/mol. The molecule has 9 nitrogen and oxygen atoms in total. The number of nitrogens with zero attached hydrogens (tertiary/aromatic N) is 2. The first-order valence-corrected chi connectivity index (χ1v) is 7.89. The van der Waals surface area contributed by atoms with Crippen molar-refractivity contribution < 1.29 is 27.0 Å².